The van der Waals surface area contributed by atoms with E-state index >= 15 is 0 Å². The first-order valence-corrected chi connectivity index (χ1v) is 8.13. The van der Waals surface area contributed by atoms with Crippen LogP contribution < -0.4 is 10.4 Å². The Morgan fingerprint density at radius 3 is 1.56 bits per heavy atom. The van der Waals surface area contributed by atoms with E-state index in [1.165, 1.54) is 32.0 Å². The van der Waals surface area contributed by atoms with Crippen LogP contribution in [0.25, 0.3) is 32.4 Å². The standard InChI is InChI=1S/C16H10S2/c1-2-4-12-6-14-8-16-10-18-17-9-15(16)7-13(14)5-11(12)3-1/h1-10H. The predicted molar refractivity (Wildman–Crippen MR) is 84.8 cm³/mol. The predicted octanol–water partition coefficient (Wildman–Crippen LogP) is 3.86. The smallest absolute Gasteiger partial charge is 0.00991 e. The maximum atomic E-state index is 2.29. The van der Waals surface area contributed by atoms with Crippen molar-refractivity contribution in [2.24, 2.45) is 0 Å². The summed E-state index contributed by atoms with van der Waals surface area (Å²) in [7, 11) is 3.57. The van der Waals surface area contributed by atoms with E-state index in [0.717, 1.165) is 0 Å². The highest BCUT2D eigenvalue weighted by Crippen LogP contribution is 2.26. The molecule has 0 amide bonds. The van der Waals surface area contributed by atoms with Gasteiger partial charge in [-0.15, -0.1) is 0 Å². The largest absolute Gasteiger partial charge is 0.0616 e. The van der Waals surface area contributed by atoms with Crippen LogP contribution in [0.1, 0.15) is 0 Å². The Kier molecular flexibility index (Phi) is 2.39. The Morgan fingerprint density at radius 1 is 0.556 bits per heavy atom. The summed E-state index contributed by atoms with van der Waals surface area (Å²) in [6, 6.07) is 17.7. The van der Waals surface area contributed by atoms with Gasteiger partial charge in [0.1, 0.15) is 0 Å². The third-order valence-corrected chi connectivity index (χ3v) is 5.03. The van der Waals surface area contributed by atoms with Crippen LogP contribution in [0.3, 0.4) is 0 Å². The van der Waals surface area contributed by atoms with Crippen LogP contribution >= 0.6 is 21.6 Å². The molecule has 86 valence electrons. The fourth-order valence-corrected chi connectivity index (χ4v) is 4.07. The molecule has 0 aromatic heterocycles. The molecule has 1 aliphatic rings. The fraction of sp³-hybridized carbons (Fsp3) is 0. The van der Waals surface area contributed by atoms with Crippen molar-refractivity contribution in [3.63, 3.8) is 0 Å². The second kappa shape index (κ2) is 4.08. The molecule has 1 heterocycles. The second-order valence-electron chi connectivity index (χ2n) is 4.46. The molecule has 3 aromatic carbocycles. The van der Waals surface area contributed by atoms with E-state index in [1.807, 2.05) is 0 Å². The summed E-state index contributed by atoms with van der Waals surface area (Å²) in [5.41, 5.74) is 0. The normalized spacial score (nSPS) is 14.0. The minimum Gasteiger partial charge on any atom is -0.0616 e. The van der Waals surface area contributed by atoms with Gasteiger partial charge in [0.05, 0.1) is 0 Å². The molecule has 0 spiro atoms. The number of benzene rings is 3. The van der Waals surface area contributed by atoms with Crippen LogP contribution in [0.4, 0.5) is 0 Å². The molecule has 0 fully saturated rings. The van der Waals surface area contributed by atoms with Gasteiger partial charge in [0.25, 0.3) is 0 Å². The monoisotopic (exact) mass is 266 g/mol. The average Bonchev–Trinajstić information content (AvgIpc) is 2.42. The van der Waals surface area contributed by atoms with Gasteiger partial charge in [-0.25, -0.2) is 0 Å². The lowest BCUT2D eigenvalue weighted by atomic mass is 10.0. The third kappa shape index (κ3) is 1.64. The zero-order valence-electron chi connectivity index (χ0n) is 9.59. The lowest BCUT2D eigenvalue weighted by Crippen LogP contribution is -2.24. The second-order valence-corrected chi connectivity index (χ2v) is 6.47. The minimum absolute atomic E-state index is 1.31. The summed E-state index contributed by atoms with van der Waals surface area (Å²) in [5, 5.41) is 12.4. The maximum absolute atomic E-state index is 2.29. The van der Waals surface area contributed by atoms with Crippen LogP contribution in [0.2, 0.25) is 0 Å². The van der Waals surface area contributed by atoms with E-state index in [2.05, 4.69) is 59.3 Å². The third-order valence-electron chi connectivity index (χ3n) is 3.31. The van der Waals surface area contributed by atoms with Crippen molar-refractivity contribution in [3.05, 3.63) is 59.0 Å². The van der Waals surface area contributed by atoms with Gasteiger partial charge in [0.15, 0.2) is 0 Å². The van der Waals surface area contributed by atoms with Crippen LogP contribution in [-0.4, -0.2) is 0 Å². The quantitative estimate of drug-likeness (QED) is 0.447. The molecule has 0 aliphatic carbocycles. The molecule has 0 saturated heterocycles. The number of fused-ring (bicyclic) bond motifs is 3. The van der Waals surface area contributed by atoms with Gasteiger partial charge >= 0.3 is 0 Å². The van der Waals surface area contributed by atoms with Crippen molar-refractivity contribution in [2.45, 2.75) is 0 Å². The van der Waals surface area contributed by atoms with Gasteiger partial charge in [-0.2, -0.15) is 0 Å². The van der Waals surface area contributed by atoms with E-state index in [9.17, 15) is 0 Å². The van der Waals surface area contributed by atoms with E-state index in [4.69, 9.17) is 0 Å². The molecule has 1 aliphatic heterocycles. The molecule has 3 aromatic rings. The van der Waals surface area contributed by atoms with Crippen molar-refractivity contribution in [3.8, 4) is 0 Å². The van der Waals surface area contributed by atoms with Gasteiger partial charge in [0, 0.05) is 0 Å². The Morgan fingerprint density at radius 2 is 1.06 bits per heavy atom. The van der Waals surface area contributed by atoms with E-state index in [-0.39, 0.29) is 0 Å². The Hall–Kier alpha value is -1.38. The first-order chi connectivity index (χ1) is 8.90. The zero-order valence-corrected chi connectivity index (χ0v) is 11.2. The molecule has 2 heteroatoms. The molecule has 0 bridgehead atoms. The first kappa shape index (κ1) is 10.5. The Bertz CT molecular complexity index is 805. The summed E-state index contributed by atoms with van der Waals surface area (Å²) in [6.45, 7) is 0. The summed E-state index contributed by atoms with van der Waals surface area (Å²) >= 11 is 0. The molecule has 0 radical (unpaired) electrons. The summed E-state index contributed by atoms with van der Waals surface area (Å²) in [6.07, 6.45) is 0. The van der Waals surface area contributed by atoms with Gasteiger partial charge in [-0.1, -0.05) is 45.9 Å². The number of rotatable bonds is 0. The lowest BCUT2D eigenvalue weighted by molar-refractivity contribution is 1.60. The molecular formula is C16H10S2. The maximum Gasteiger partial charge on any atom is -0.00991 e. The fourth-order valence-electron chi connectivity index (χ4n) is 2.39. The summed E-state index contributed by atoms with van der Waals surface area (Å²) in [4.78, 5) is 0. The number of hydrogen-bond donors (Lipinski definition) is 0. The van der Waals surface area contributed by atoms with E-state index in [1.54, 1.807) is 21.6 Å². The van der Waals surface area contributed by atoms with Crippen LogP contribution in [-0.2, 0) is 0 Å². The van der Waals surface area contributed by atoms with Crippen LogP contribution in [0, 0.1) is 0 Å². The molecule has 0 atom stereocenters. The van der Waals surface area contributed by atoms with Crippen molar-refractivity contribution in [1.29, 1.82) is 0 Å². The average molecular weight is 266 g/mol. The lowest BCUT2D eigenvalue weighted by Gasteiger charge is -2.05. The highest BCUT2D eigenvalue weighted by Gasteiger charge is 2.00. The molecular weight excluding hydrogens is 256 g/mol. The molecule has 0 unspecified atom stereocenters. The van der Waals surface area contributed by atoms with E-state index < -0.39 is 0 Å². The zero-order chi connectivity index (χ0) is 11.9. The topological polar surface area (TPSA) is 0 Å². The molecule has 18 heavy (non-hydrogen) atoms. The molecule has 0 N–H and O–H groups in total. The first-order valence-electron chi connectivity index (χ1n) is 5.85. The van der Waals surface area contributed by atoms with Crippen molar-refractivity contribution in [2.75, 3.05) is 0 Å². The van der Waals surface area contributed by atoms with Crippen molar-refractivity contribution >= 4 is 53.9 Å². The van der Waals surface area contributed by atoms with E-state index in [0.29, 0.717) is 0 Å². The summed E-state index contributed by atoms with van der Waals surface area (Å²) < 4.78 is 0. The van der Waals surface area contributed by atoms with Crippen LogP contribution in [0.15, 0.2) is 48.5 Å². The molecule has 0 saturated carbocycles. The number of hydrogen-bond acceptors (Lipinski definition) is 2. The highest BCUT2D eigenvalue weighted by atomic mass is 33.1. The minimum atomic E-state index is 1.31. The highest BCUT2D eigenvalue weighted by molar-refractivity contribution is 8.82. The summed E-state index contributed by atoms with van der Waals surface area (Å²) in [5.74, 6) is 0. The van der Waals surface area contributed by atoms with Crippen molar-refractivity contribution in [1.82, 2.24) is 0 Å². The Balaban J connectivity index is 2.19. The van der Waals surface area contributed by atoms with Crippen molar-refractivity contribution < 1.29 is 0 Å². The van der Waals surface area contributed by atoms with Gasteiger partial charge in [-0.3, -0.25) is 0 Å². The molecule has 4 rings (SSSR count). The van der Waals surface area contributed by atoms with Gasteiger partial charge in [-0.05, 0) is 67.1 Å². The SMILES string of the molecule is C1=c2cc3cc4ccccc4cc3cc2=CSS1. The van der Waals surface area contributed by atoms with Gasteiger partial charge in [0.2, 0.25) is 0 Å². The Labute approximate surface area is 113 Å². The van der Waals surface area contributed by atoms with Crippen LogP contribution in [0.5, 0.6) is 0 Å². The molecule has 0 nitrogen and oxygen atoms in total. The van der Waals surface area contributed by atoms with Gasteiger partial charge < -0.3 is 0 Å².